The first-order valence-electron chi connectivity index (χ1n) is 28.0. The number of esters is 1. The Balaban J connectivity index is 0.683. The maximum Gasteiger partial charge on any atom is 0.358 e. The highest BCUT2D eigenvalue weighted by atomic mass is 32.1. The number of hydrogen-bond donors (Lipinski definition) is 2. The number of para-hydroxylation sites is 1. The molecule has 3 fully saturated rings. The fraction of sp³-hybridized carbons (Fsp3) is 0.435. The third kappa shape index (κ3) is 11.4. The number of rotatable bonds is 14. The first kappa shape index (κ1) is 52.9. The monoisotopic (exact) mass is 1070 g/mol. The van der Waals surface area contributed by atoms with Crippen molar-refractivity contribution < 1.29 is 28.7 Å². The molecule has 16 heteroatoms. The van der Waals surface area contributed by atoms with Crippen LogP contribution in [0, 0.1) is 12.8 Å². The minimum absolute atomic E-state index is 0.123. The molecule has 6 heterocycles. The van der Waals surface area contributed by atoms with Gasteiger partial charge in [-0.1, -0.05) is 60.6 Å². The van der Waals surface area contributed by atoms with Gasteiger partial charge < -0.3 is 19.3 Å². The summed E-state index contributed by atoms with van der Waals surface area (Å²) in [6.07, 6.45) is 9.63. The van der Waals surface area contributed by atoms with Crippen LogP contribution in [0.15, 0.2) is 91.0 Å². The Hall–Kier alpha value is -7.17. The molecule has 4 aromatic carbocycles. The third-order valence-corrected chi connectivity index (χ3v) is 17.4. The molecule has 0 unspecified atom stereocenters. The van der Waals surface area contributed by atoms with E-state index >= 15 is 0 Å². The molecule has 0 spiro atoms. The number of piperazine rings is 1. The fourth-order valence-electron chi connectivity index (χ4n) is 12.1. The second-order valence-corrected chi connectivity index (χ2v) is 23.9. The highest BCUT2D eigenvalue weighted by Gasteiger charge is 2.33. The number of benzene rings is 4. The van der Waals surface area contributed by atoms with Crippen LogP contribution in [0.4, 0.5) is 16.6 Å². The number of imide groups is 1. The van der Waals surface area contributed by atoms with E-state index in [2.05, 4.69) is 68.4 Å². The lowest BCUT2D eigenvalue weighted by Gasteiger charge is -2.39. The molecule has 11 rings (SSSR count). The van der Waals surface area contributed by atoms with Crippen molar-refractivity contribution in [2.24, 2.45) is 13.0 Å². The molecule has 78 heavy (non-hydrogen) atoms. The van der Waals surface area contributed by atoms with E-state index in [-0.39, 0.29) is 29.5 Å². The molecule has 3 aliphatic heterocycles. The van der Waals surface area contributed by atoms with Gasteiger partial charge in [0.15, 0.2) is 10.8 Å². The van der Waals surface area contributed by atoms with Crippen LogP contribution in [-0.2, 0) is 34.3 Å². The molecular weight excluding hydrogens is 999 g/mol. The second-order valence-electron chi connectivity index (χ2n) is 22.8. The predicted octanol–water partition coefficient (Wildman–Crippen LogP) is 11.2. The van der Waals surface area contributed by atoms with Gasteiger partial charge in [0.2, 0.25) is 11.8 Å². The first-order chi connectivity index (χ1) is 37.6. The Labute approximate surface area is 460 Å². The van der Waals surface area contributed by atoms with Crippen molar-refractivity contribution in [3.8, 4) is 16.9 Å². The van der Waals surface area contributed by atoms with Gasteiger partial charge >= 0.3 is 5.97 Å². The van der Waals surface area contributed by atoms with Crippen molar-refractivity contribution in [3.63, 3.8) is 0 Å². The van der Waals surface area contributed by atoms with Gasteiger partial charge in [-0.15, -0.1) is 0 Å². The molecule has 2 saturated heterocycles. The molecule has 0 bridgehead atoms. The molecule has 3 amide bonds. The summed E-state index contributed by atoms with van der Waals surface area (Å²) in [4.78, 5) is 69.3. The lowest BCUT2D eigenvalue weighted by atomic mass is 9.84. The van der Waals surface area contributed by atoms with Crippen LogP contribution < -0.4 is 25.2 Å². The van der Waals surface area contributed by atoms with Crippen LogP contribution in [0.5, 0.6) is 5.75 Å². The number of pyridine rings is 1. The lowest BCUT2D eigenvalue weighted by Crippen LogP contribution is -2.49. The van der Waals surface area contributed by atoms with Crippen LogP contribution in [0.25, 0.3) is 32.2 Å². The van der Waals surface area contributed by atoms with Crippen molar-refractivity contribution >= 4 is 72.8 Å². The number of aromatic nitrogens is 4. The summed E-state index contributed by atoms with van der Waals surface area (Å²) in [5, 5.41) is 11.8. The van der Waals surface area contributed by atoms with Gasteiger partial charge in [0, 0.05) is 81.0 Å². The van der Waals surface area contributed by atoms with Gasteiger partial charge in [0.25, 0.3) is 5.91 Å². The zero-order chi connectivity index (χ0) is 54.2. The van der Waals surface area contributed by atoms with E-state index in [9.17, 15) is 19.2 Å². The predicted molar refractivity (Wildman–Crippen MR) is 308 cm³/mol. The standard InChI is InChI=1S/C62H71N9O6S/c1-38(69-32-34-70(35-33-69)42-22-25-47-51(36-42)68(6)67-56(47)48-27-29-55(72)65-59(48)74)12-9-13-40-20-23-43(24-21-40)76-52-18-11-15-44(39(52)2)45-26-28-54(64-57(45)60(75)77-62(3,4)5)71-31-30-41-14-10-16-46(49(41)37-71)58(73)66-61-63-50-17-7-8-19-53(50)78-61/h7-8,10-11,14-19,22,25-26,28,36,38,40,43,48H,9,12-13,20-21,23-24,27,29-35,37H2,1-6H3,(H,63,66,73)(H,65,72,74)/t38-,40?,43?,48-/m0/s1. The zero-order valence-electron chi connectivity index (χ0n) is 45.8. The normalized spacial score (nSPS) is 19.6. The Morgan fingerprint density at radius 3 is 2.42 bits per heavy atom. The summed E-state index contributed by atoms with van der Waals surface area (Å²) in [5.41, 5.74) is 8.46. The smallest absolute Gasteiger partial charge is 0.358 e. The fourth-order valence-corrected chi connectivity index (χ4v) is 13.0. The summed E-state index contributed by atoms with van der Waals surface area (Å²) in [6.45, 7) is 15.1. The average Bonchev–Trinajstić information content (AvgIpc) is 4.15. The van der Waals surface area contributed by atoms with E-state index in [4.69, 9.17) is 19.6 Å². The number of thiazole rings is 1. The first-order valence-corrected chi connectivity index (χ1v) is 28.8. The Kier molecular flexibility index (Phi) is 15.1. The summed E-state index contributed by atoms with van der Waals surface area (Å²) < 4.78 is 15.7. The van der Waals surface area contributed by atoms with E-state index in [0.29, 0.717) is 60.0 Å². The quantitative estimate of drug-likeness (QED) is 0.0784. The van der Waals surface area contributed by atoms with E-state index in [0.717, 1.165) is 113 Å². The number of hydrogen-bond acceptors (Lipinski definition) is 13. The van der Waals surface area contributed by atoms with E-state index in [1.165, 1.54) is 36.3 Å². The number of carbonyl (C=O) groups is 4. The molecule has 3 aromatic heterocycles. The van der Waals surface area contributed by atoms with Gasteiger partial charge in [-0.05, 0) is 162 Å². The van der Waals surface area contributed by atoms with Crippen molar-refractivity contribution in [1.29, 1.82) is 0 Å². The van der Waals surface area contributed by atoms with Crippen LogP contribution in [0.2, 0.25) is 0 Å². The molecule has 1 saturated carbocycles. The molecule has 4 aliphatic rings. The molecule has 15 nitrogen and oxygen atoms in total. The highest BCUT2D eigenvalue weighted by molar-refractivity contribution is 7.22. The van der Waals surface area contributed by atoms with E-state index in [1.54, 1.807) is 0 Å². The van der Waals surface area contributed by atoms with Gasteiger partial charge in [-0.2, -0.15) is 5.10 Å². The highest BCUT2D eigenvalue weighted by Crippen LogP contribution is 2.39. The SMILES string of the molecule is Cc1c(OC2CCC(CCC[C@H](C)N3CCN(c4ccc5c([C@@H]6CCC(=O)NC6=O)nn(C)c5c4)CC3)CC2)cccc1-c1ccc(N2CCc3cccc(C(=O)Nc4nc5ccccc5s4)c3C2)nc1C(=O)OC(C)(C)C. The minimum Gasteiger partial charge on any atom is -0.490 e. The molecule has 2 atom stereocenters. The molecular formula is C62H71N9O6S. The Morgan fingerprint density at radius 2 is 1.64 bits per heavy atom. The maximum absolute atomic E-state index is 14.1. The van der Waals surface area contributed by atoms with Crippen LogP contribution in [0.1, 0.15) is 135 Å². The van der Waals surface area contributed by atoms with E-state index < -0.39 is 17.5 Å². The number of anilines is 3. The van der Waals surface area contributed by atoms with Gasteiger partial charge in [0.05, 0.1) is 33.4 Å². The van der Waals surface area contributed by atoms with Crippen LogP contribution >= 0.6 is 11.3 Å². The summed E-state index contributed by atoms with van der Waals surface area (Å²) in [5.74, 6) is 0.590. The minimum atomic E-state index is -0.731. The summed E-state index contributed by atoms with van der Waals surface area (Å²) in [6, 6.07) is 30.7. The second kappa shape index (κ2) is 22.3. The van der Waals surface area contributed by atoms with E-state index in [1.807, 2.05) is 99.2 Å². The number of nitrogens with zero attached hydrogens (tertiary/aromatic N) is 7. The Bertz CT molecular complexity index is 3370. The zero-order valence-corrected chi connectivity index (χ0v) is 46.6. The van der Waals surface area contributed by atoms with Crippen LogP contribution in [0.3, 0.4) is 0 Å². The average molecular weight is 1070 g/mol. The number of fused-ring (bicyclic) bond motifs is 3. The number of nitrogens with one attached hydrogen (secondary N) is 2. The molecule has 2 N–H and O–H groups in total. The summed E-state index contributed by atoms with van der Waals surface area (Å²) >= 11 is 1.45. The number of amides is 3. The van der Waals surface area contributed by atoms with Crippen molar-refractivity contribution in [1.82, 2.24) is 30.0 Å². The van der Waals surface area contributed by atoms with Crippen LogP contribution in [-0.4, -0.2) is 98.8 Å². The van der Waals surface area contributed by atoms with Gasteiger partial charge in [-0.3, -0.25) is 34.6 Å². The van der Waals surface area contributed by atoms with Crippen molar-refractivity contribution in [2.75, 3.05) is 47.8 Å². The Morgan fingerprint density at radius 1 is 0.846 bits per heavy atom. The van der Waals surface area contributed by atoms with Crippen molar-refractivity contribution in [3.05, 3.63) is 125 Å². The molecule has 0 radical (unpaired) electrons. The summed E-state index contributed by atoms with van der Waals surface area (Å²) in [7, 11) is 1.93. The molecule has 1 aliphatic carbocycles. The number of carbonyl (C=O) groups excluding carboxylic acids is 4. The third-order valence-electron chi connectivity index (χ3n) is 16.5. The maximum atomic E-state index is 14.1. The van der Waals surface area contributed by atoms with Crippen molar-refractivity contribution in [2.45, 2.75) is 129 Å². The van der Waals surface area contributed by atoms with Gasteiger partial charge in [-0.25, -0.2) is 14.8 Å². The largest absolute Gasteiger partial charge is 0.490 e. The number of aryl methyl sites for hydroxylation is 1. The molecule has 7 aromatic rings. The number of ether oxygens (including phenoxy) is 2. The van der Waals surface area contributed by atoms with Gasteiger partial charge in [0.1, 0.15) is 17.2 Å². The molecule has 406 valence electrons. The number of piperidine rings is 1. The lowest BCUT2D eigenvalue weighted by molar-refractivity contribution is -0.134. The topological polar surface area (TPSA) is 164 Å².